The summed E-state index contributed by atoms with van der Waals surface area (Å²) in [6, 6.07) is 8.76. The van der Waals surface area contributed by atoms with Gasteiger partial charge in [0, 0.05) is 56.8 Å². The van der Waals surface area contributed by atoms with Crippen molar-refractivity contribution >= 4 is 17.4 Å². The summed E-state index contributed by atoms with van der Waals surface area (Å²) in [5.41, 5.74) is -0.220. The van der Waals surface area contributed by atoms with Gasteiger partial charge in [0.2, 0.25) is 0 Å². The second kappa shape index (κ2) is 8.87. The molecule has 1 amide bonds. The summed E-state index contributed by atoms with van der Waals surface area (Å²) in [7, 11) is 0. The number of nitro groups is 1. The molecule has 0 atom stereocenters. The molecule has 0 bridgehead atoms. The topological polar surface area (TPSA) is 83.8 Å². The van der Waals surface area contributed by atoms with Crippen molar-refractivity contribution < 1.29 is 23.3 Å². The molecule has 0 unspecified atom stereocenters. The fraction of sp³-hybridized carbons (Fsp3) is 0.300. The minimum Gasteiger partial charge on any atom is -0.336 e. The van der Waals surface area contributed by atoms with Gasteiger partial charge in [-0.2, -0.15) is 0 Å². The Morgan fingerprint density at radius 3 is 2.10 bits per heavy atom. The minimum atomic E-state index is -0.883. The molecule has 1 aliphatic heterocycles. The number of hydrogen-bond donors (Lipinski definition) is 0. The quantitative estimate of drug-likeness (QED) is 0.421. The van der Waals surface area contributed by atoms with E-state index in [0.717, 1.165) is 12.1 Å². The maximum atomic E-state index is 13.8. The van der Waals surface area contributed by atoms with Crippen molar-refractivity contribution in [2.75, 3.05) is 32.7 Å². The number of carbonyl (C=O) groups is 2. The lowest BCUT2D eigenvalue weighted by Crippen LogP contribution is -2.49. The van der Waals surface area contributed by atoms with Crippen molar-refractivity contribution in [3.63, 3.8) is 0 Å². The Bertz CT molecular complexity index is 906. The monoisotopic (exact) mass is 403 g/mol. The van der Waals surface area contributed by atoms with Gasteiger partial charge in [0.1, 0.15) is 17.2 Å². The van der Waals surface area contributed by atoms with Crippen LogP contribution in [0.25, 0.3) is 0 Å². The van der Waals surface area contributed by atoms with E-state index in [9.17, 15) is 28.5 Å². The fourth-order valence-electron chi connectivity index (χ4n) is 3.21. The highest BCUT2D eigenvalue weighted by molar-refractivity contribution is 5.96. The standard InChI is InChI=1S/C20H19F2N3O4/c21-16-2-1-3-17(22)19(16)20(27)24-12-10-23(11-13-24)9-8-18(26)14-4-6-15(7-5-14)25(28)29/h1-7H,8-13H2. The highest BCUT2D eigenvalue weighted by Gasteiger charge is 2.26. The molecule has 0 radical (unpaired) electrons. The lowest BCUT2D eigenvalue weighted by atomic mass is 10.1. The molecule has 29 heavy (non-hydrogen) atoms. The second-order valence-electron chi connectivity index (χ2n) is 6.71. The Morgan fingerprint density at radius 2 is 1.55 bits per heavy atom. The van der Waals surface area contributed by atoms with Crippen molar-refractivity contribution in [1.82, 2.24) is 9.80 Å². The van der Waals surface area contributed by atoms with Crippen molar-refractivity contribution in [3.8, 4) is 0 Å². The van der Waals surface area contributed by atoms with Crippen LogP contribution in [-0.2, 0) is 0 Å². The summed E-state index contributed by atoms with van der Waals surface area (Å²) in [6.07, 6.45) is 0.230. The highest BCUT2D eigenvalue weighted by Crippen LogP contribution is 2.17. The van der Waals surface area contributed by atoms with Crippen LogP contribution >= 0.6 is 0 Å². The molecule has 7 nitrogen and oxygen atoms in total. The van der Waals surface area contributed by atoms with E-state index < -0.39 is 28.0 Å². The first kappa shape index (κ1) is 20.5. The Kier molecular flexibility index (Phi) is 6.28. The van der Waals surface area contributed by atoms with Gasteiger partial charge < -0.3 is 4.90 Å². The average molecular weight is 403 g/mol. The molecule has 9 heteroatoms. The van der Waals surface area contributed by atoms with E-state index in [0.29, 0.717) is 38.3 Å². The molecule has 3 rings (SSSR count). The molecule has 0 spiro atoms. The number of rotatable bonds is 6. The molecule has 0 N–H and O–H groups in total. The molecule has 1 aliphatic rings. The average Bonchev–Trinajstić information content (AvgIpc) is 2.72. The van der Waals surface area contributed by atoms with E-state index in [2.05, 4.69) is 0 Å². The van der Waals surface area contributed by atoms with Gasteiger partial charge in [-0.25, -0.2) is 8.78 Å². The largest absolute Gasteiger partial charge is 0.336 e. The van der Waals surface area contributed by atoms with E-state index in [1.54, 1.807) is 0 Å². The number of benzene rings is 2. The molecule has 1 fully saturated rings. The third-order valence-electron chi connectivity index (χ3n) is 4.89. The lowest BCUT2D eigenvalue weighted by Gasteiger charge is -2.34. The van der Waals surface area contributed by atoms with E-state index in [1.165, 1.54) is 35.2 Å². The number of amides is 1. The van der Waals surface area contributed by atoms with Gasteiger partial charge in [-0.15, -0.1) is 0 Å². The van der Waals surface area contributed by atoms with Crippen LogP contribution in [-0.4, -0.2) is 59.1 Å². The number of piperazine rings is 1. The van der Waals surface area contributed by atoms with E-state index >= 15 is 0 Å². The highest BCUT2D eigenvalue weighted by atomic mass is 19.1. The van der Waals surface area contributed by atoms with Gasteiger partial charge in [-0.05, 0) is 24.3 Å². The van der Waals surface area contributed by atoms with Gasteiger partial charge >= 0.3 is 0 Å². The first-order valence-corrected chi connectivity index (χ1v) is 9.10. The smallest absolute Gasteiger partial charge is 0.269 e. The van der Waals surface area contributed by atoms with Gasteiger partial charge in [0.25, 0.3) is 11.6 Å². The van der Waals surface area contributed by atoms with Crippen molar-refractivity contribution in [2.45, 2.75) is 6.42 Å². The number of Topliss-reactive ketones (excluding diaryl/α,β-unsaturated/α-hetero) is 1. The zero-order valence-electron chi connectivity index (χ0n) is 15.5. The van der Waals surface area contributed by atoms with Crippen LogP contribution < -0.4 is 0 Å². The van der Waals surface area contributed by atoms with Crippen molar-refractivity contribution in [1.29, 1.82) is 0 Å². The van der Waals surface area contributed by atoms with Crippen LogP contribution in [0.2, 0.25) is 0 Å². The SMILES string of the molecule is O=C(CCN1CCN(C(=O)c2c(F)cccc2F)CC1)c1ccc([N+](=O)[O-])cc1. The number of carbonyl (C=O) groups excluding carboxylic acids is 2. The molecule has 2 aromatic rings. The zero-order valence-corrected chi connectivity index (χ0v) is 15.5. The van der Waals surface area contributed by atoms with Gasteiger partial charge in [0.05, 0.1) is 4.92 Å². The number of ketones is 1. The number of halogens is 2. The second-order valence-corrected chi connectivity index (χ2v) is 6.71. The summed E-state index contributed by atoms with van der Waals surface area (Å²) < 4.78 is 27.6. The number of nitro benzene ring substituents is 1. The van der Waals surface area contributed by atoms with E-state index in [-0.39, 0.29) is 17.9 Å². The maximum absolute atomic E-state index is 13.8. The summed E-state index contributed by atoms with van der Waals surface area (Å²) >= 11 is 0. The van der Waals surface area contributed by atoms with E-state index in [1.807, 2.05) is 4.90 Å². The molecule has 152 valence electrons. The molecule has 0 saturated carbocycles. The number of non-ortho nitro benzene ring substituents is 1. The molecular weight excluding hydrogens is 384 g/mol. The number of hydrogen-bond acceptors (Lipinski definition) is 5. The normalized spacial score (nSPS) is 14.6. The maximum Gasteiger partial charge on any atom is 0.269 e. The Balaban J connectivity index is 1.50. The van der Waals surface area contributed by atoms with Crippen LogP contribution in [0.4, 0.5) is 14.5 Å². The van der Waals surface area contributed by atoms with Crippen molar-refractivity contribution in [2.24, 2.45) is 0 Å². The minimum absolute atomic E-state index is 0.0753. The summed E-state index contributed by atoms with van der Waals surface area (Å²) in [6.45, 7) is 2.03. The molecule has 1 heterocycles. The fourth-order valence-corrected chi connectivity index (χ4v) is 3.21. The van der Waals surface area contributed by atoms with Crippen LogP contribution in [0.15, 0.2) is 42.5 Å². The van der Waals surface area contributed by atoms with Crippen molar-refractivity contribution in [3.05, 3.63) is 75.3 Å². The number of nitrogens with zero attached hydrogens (tertiary/aromatic N) is 3. The zero-order chi connectivity index (χ0) is 21.0. The third kappa shape index (κ3) is 4.80. The van der Waals surface area contributed by atoms with Gasteiger partial charge in [-0.3, -0.25) is 24.6 Å². The van der Waals surface area contributed by atoms with E-state index in [4.69, 9.17) is 0 Å². The molecule has 2 aromatic carbocycles. The molecular formula is C20H19F2N3O4. The summed E-state index contributed by atoms with van der Waals surface area (Å²) in [5, 5.41) is 10.7. The molecule has 0 aromatic heterocycles. The van der Waals surface area contributed by atoms with Crippen LogP contribution in [0.3, 0.4) is 0 Å². The summed E-state index contributed by atoms with van der Waals surface area (Å²) in [5.74, 6) is -2.58. The van der Waals surface area contributed by atoms with Gasteiger partial charge in [-0.1, -0.05) is 6.07 Å². The van der Waals surface area contributed by atoms with Gasteiger partial charge in [0.15, 0.2) is 5.78 Å². The predicted molar refractivity (Wildman–Crippen MR) is 101 cm³/mol. The first-order chi connectivity index (χ1) is 13.9. The lowest BCUT2D eigenvalue weighted by molar-refractivity contribution is -0.384. The Hall–Kier alpha value is -3.20. The Morgan fingerprint density at radius 1 is 0.966 bits per heavy atom. The third-order valence-corrected chi connectivity index (χ3v) is 4.89. The first-order valence-electron chi connectivity index (χ1n) is 9.10. The van der Waals surface area contributed by atoms with Crippen LogP contribution in [0.5, 0.6) is 0 Å². The molecule has 1 saturated heterocycles. The summed E-state index contributed by atoms with van der Waals surface area (Å²) in [4.78, 5) is 38.2. The van der Waals surface area contributed by atoms with Crippen LogP contribution in [0, 0.1) is 21.7 Å². The predicted octanol–water partition coefficient (Wildman–Crippen LogP) is 2.90. The Labute approximate surface area is 165 Å². The molecule has 0 aliphatic carbocycles. The van der Waals surface area contributed by atoms with Crippen LogP contribution in [0.1, 0.15) is 27.1 Å².